The molecule has 3 nitrogen and oxygen atoms in total. The number of rotatable bonds is 7. The molecule has 0 spiro atoms. The first-order chi connectivity index (χ1) is 8.24. The Morgan fingerprint density at radius 2 is 2.24 bits per heavy atom. The summed E-state index contributed by atoms with van der Waals surface area (Å²) in [5.74, 6) is 0.824. The summed E-state index contributed by atoms with van der Waals surface area (Å²) in [5.41, 5.74) is 2.25. The van der Waals surface area contributed by atoms with E-state index in [-0.39, 0.29) is 0 Å². The monoisotopic (exact) mass is 234 g/mol. The molecule has 1 aliphatic rings. The Hall–Kier alpha value is -0.930. The lowest BCUT2D eigenvalue weighted by Gasteiger charge is -2.08. The minimum Gasteiger partial charge on any atom is -0.375 e. The van der Waals surface area contributed by atoms with Crippen LogP contribution in [-0.2, 0) is 17.9 Å². The fourth-order valence-corrected chi connectivity index (χ4v) is 1.58. The quantitative estimate of drug-likeness (QED) is 0.787. The minimum atomic E-state index is 0.511. The Morgan fingerprint density at radius 1 is 1.41 bits per heavy atom. The molecule has 94 valence electrons. The third-order valence-corrected chi connectivity index (χ3v) is 2.90. The van der Waals surface area contributed by atoms with Crippen LogP contribution in [0.1, 0.15) is 37.9 Å². The van der Waals surface area contributed by atoms with Gasteiger partial charge in [0.05, 0.1) is 12.3 Å². The SMILES string of the molecule is CC(C)NCc1ccc(COCC2CC2)nc1. The van der Waals surface area contributed by atoms with Crippen molar-refractivity contribution >= 4 is 0 Å². The van der Waals surface area contributed by atoms with Crippen LogP contribution in [0.25, 0.3) is 0 Å². The molecule has 0 bridgehead atoms. The lowest BCUT2D eigenvalue weighted by atomic mass is 10.2. The zero-order valence-electron chi connectivity index (χ0n) is 10.8. The van der Waals surface area contributed by atoms with Gasteiger partial charge in [0, 0.05) is 25.4 Å². The molecule has 0 aliphatic heterocycles. The van der Waals surface area contributed by atoms with Crippen LogP contribution >= 0.6 is 0 Å². The van der Waals surface area contributed by atoms with Gasteiger partial charge in [-0.15, -0.1) is 0 Å². The number of nitrogens with zero attached hydrogens (tertiary/aromatic N) is 1. The molecule has 2 rings (SSSR count). The Balaban J connectivity index is 1.71. The molecule has 1 aliphatic carbocycles. The zero-order chi connectivity index (χ0) is 12.1. The maximum absolute atomic E-state index is 5.60. The predicted octanol–water partition coefficient (Wildman–Crippen LogP) is 2.51. The highest BCUT2D eigenvalue weighted by molar-refractivity contribution is 5.13. The summed E-state index contributed by atoms with van der Waals surface area (Å²) in [6.45, 7) is 6.72. The van der Waals surface area contributed by atoms with Gasteiger partial charge in [0.25, 0.3) is 0 Å². The molecule has 1 N–H and O–H groups in total. The second kappa shape index (κ2) is 6.12. The Kier molecular flexibility index (Phi) is 4.51. The van der Waals surface area contributed by atoms with E-state index in [0.29, 0.717) is 12.6 Å². The van der Waals surface area contributed by atoms with E-state index in [1.807, 2.05) is 6.20 Å². The van der Waals surface area contributed by atoms with Crippen LogP contribution in [0.15, 0.2) is 18.3 Å². The van der Waals surface area contributed by atoms with E-state index < -0.39 is 0 Å². The zero-order valence-corrected chi connectivity index (χ0v) is 10.8. The number of pyridine rings is 1. The van der Waals surface area contributed by atoms with Gasteiger partial charge in [-0.1, -0.05) is 19.9 Å². The first-order valence-corrected chi connectivity index (χ1v) is 6.49. The van der Waals surface area contributed by atoms with E-state index in [4.69, 9.17) is 4.74 Å². The lowest BCUT2D eigenvalue weighted by Crippen LogP contribution is -2.21. The molecule has 0 amide bonds. The van der Waals surface area contributed by atoms with E-state index in [1.165, 1.54) is 18.4 Å². The molecule has 0 unspecified atom stereocenters. The highest BCUT2D eigenvalue weighted by atomic mass is 16.5. The van der Waals surface area contributed by atoms with Crippen molar-refractivity contribution in [2.45, 2.75) is 45.9 Å². The molecule has 0 radical (unpaired) electrons. The van der Waals surface area contributed by atoms with Crippen LogP contribution in [0.3, 0.4) is 0 Å². The molecule has 17 heavy (non-hydrogen) atoms. The predicted molar refractivity (Wildman–Crippen MR) is 68.6 cm³/mol. The topological polar surface area (TPSA) is 34.1 Å². The van der Waals surface area contributed by atoms with Crippen molar-refractivity contribution in [2.75, 3.05) is 6.61 Å². The standard InChI is InChI=1S/C14H22N2O/c1-11(2)15-7-13-5-6-14(16-8-13)10-17-9-12-3-4-12/h5-6,8,11-12,15H,3-4,7,9-10H2,1-2H3. The molecule has 0 saturated heterocycles. The summed E-state index contributed by atoms with van der Waals surface area (Å²) >= 11 is 0. The van der Waals surface area contributed by atoms with E-state index in [1.54, 1.807) is 0 Å². The van der Waals surface area contributed by atoms with Crippen molar-refractivity contribution in [1.29, 1.82) is 0 Å². The molecule has 0 aromatic carbocycles. The molecule has 1 heterocycles. The van der Waals surface area contributed by atoms with E-state index in [0.717, 1.165) is 24.8 Å². The van der Waals surface area contributed by atoms with Gasteiger partial charge in [-0.3, -0.25) is 4.98 Å². The van der Waals surface area contributed by atoms with Crippen LogP contribution in [0, 0.1) is 5.92 Å². The second-order valence-electron chi connectivity index (χ2n) is 5.15. The van der Waals surface area contributed by atoms with Crippen molar-refractivity contribution in [3.05, 3.63) is 29.6 Å². The summed E-state index contributed by atoms with van der Waals surface area (Å²) in [5, 5.41) is 3.38. The average molecular weight is 234 g/mol. The Bertz CT molecular complexity index is 331. The largest absolute Gasteiger partial charge is 0.375 e. The van der Waals surface area contributed by atoms with Gasteiger partial charge < -0.3 is 10.1 Å². The van der Waals surface area contributed by atoms with Gasteiger partial charge in [0.15, 0.2) is 0 Å². The van der Waals surface area contributed by atoms with Crippen molar-refractivity contribution in [1.82, 2.24) is 10.3 Å². The molecular formula is C14H22N2O. The summed E-state index contributed by atoms with van der Waals surface area (Å²) in [7, 11) is 0. The third-order valence-electron chi connectivity index (χ3n) is 2.90. The van der Waals surface area contributed by atoms with E-state index in [9.17, 15) is 0 Å². The number of aromatic nitrogens is 1. The summed E-state index contributed by atoms with van der Waals surface area (Å²) in [4.78, 5) is 4.41. The van der Waals surface area contributed by atoms with Gasteiger partial charge in [-0.05, 0) is 30.4 Å². The minimum absolute atomic E-state index is 0.511. The third kappa shape index (κ3) is 4.84. The molecule has 1 saturated carbocycles. The second-order valence-corrected chi connectivity index (χ2v) is 5.15. The highest BCUT2D eigenvalue weighted by Gasteiger charge is 2.21. The molecule has 1 aromatic heterocycles. The first kappa shape index (κ1) is 12.5. The molecular weight excluding hydrogens is 212 g/mol. The first-order valence-electron chi connectivity index (χ1n) is 6.49. The van der Waals surface area contributed by atoms with Crippen LogP contribution in [0.4, 0.5) is 0 Å². The summed E-state index contributed by atoms with van der Waals surface area (Å²) < 4.78 is 5.60. The maximum atomic E-state index is 5.60. The number of nitrogens with one attached hydrogen (secondary N) is 1. The molecule has 1 fully saturated rings. The highest BCUT2D eigenvalue weighted by Crippen LogP contribution is 2.28. The van der Waals surface area contributed by atoms with Crippen molar-refractivity contribution in [2.24, 2.45) is 5.92 Å². The van der Waals surface area contributed by atoms with Crippen molar-refractivity contribution in [3.8, 4) is 0 Å². The van der Waals surface area contributed by atoms with Crippen LogP contribution < -0.4 is 5.32 Å². The van der Waals surface area contributed by atoms with Gasteiger partial charge in [0.2, 0.25) is 0 Å². The number of hydrogen-bond acceptors (Lipinski definition) is 3. The van der Waals surface area contributed by atoms with Gasteiger partial charge in [-0.2, -0.15) is 0 Å². The van der Waals surface area contributed by atoms with Crippen LogP contribution in [0.2, 0.25) is 0 Å². The molecule has 3 heteroatoms. The number of hydrogen-bond donors (Lipinski definition) is 1. The molecule has 1 aromatic rings. The summed E-state index contributed by atoms with van der Waals surface area (Å²) in [6.07, 6.45) is 4.62. The summed E-state index contributed by atoms with van der Waals surface area (Å²) in [6, 6.07) is 4.69. The maximum Gasteiger partial charge on any atom is 0.0887 e. The average Bonchev–Trinajstić information content (AvgIpc) is 3.12. The fraction of sp³-hybridized carbons (Fsp3) is 0.643. The number of ether oxygens (including phenoxy) is 1. The Labute approximate surface area is 104 Å². The van der Waals surface area contributed by atoms with E-state index in [2.05, 4.69) is 36.3 Å². The van der Waals surface area contributed by atoms with Gasteiger partial charge >= 0.3 is 0 Å². The smallest absolute Gasteiger partial charge is 0.0887 e. The van der Waals surface area contributed by atoms with Crippen molar-refractivity contribution < 1.29 is 4.74 Å². The lowest BCUT2D eigenvalue weighted by molar-refractivity contribution is 0.109. The van der Waals surface area contributed by atoms with E-state index >= 15 is 0 Å². The molecule has 0 atom stereocenters. The van der Waals surface area contributed by atoms with Crippen LogP contribution in [0.5, 0.6) is 0 Å². The van der Waals surface area contributed by atoms with Crippen LogP contribution in [-0.4, -0.2) is 17.6 Å². The normalized spacial score (nSPS) is 15.5. The van der Waals surface area contributed by atoms with Crippen molar-refractivity contribution in [3.63, 3.8) is 0 Å². The van der Waals surface area contributed by atoms with Gasteiger partial charge in [0.1, 0.15) is 0 Å². The van der Waals surface area contributed by atoms with Gasteiger partial charge in [-0.25, -0.2) is 0 Å². The fourth-order valence-electron chi connectivity index (χ4n) is 1.58. The Morgan fingerprint density at radius 3 is 2.82 bits per heavy atom.